The van der Waals surface area contributed by atoms with E-state index in [1.165, 1.54) is 0 Å². The molecule has 0 aliphatic carbocycles. The number of ether oxygens (including phenoxy) is 1. The molecule has 1 aliphatic heterocycles. The number of nitrogens with one attached hydrogen (secondary N) is 1. The number of anilines is 1. The number of carbonyl (C=O) groups is 1. The number of piperidine rings is 1. The van der Waals surface area contributed by atoms with Crippen LogP contribution in [0.25, 0.3) is 0 Å². The van der Waals surface area contributed by atoms with E-state index >= 15 is 0 Å². The van der Waals surface area contributed by atoms with Gasteiger partial charge in [-0.05, 0) is 46.1 Å². The second kappa shape index (κ2) is 7.45. The quantitative estimate of drug-likeness (QED) is 0.890. The molecule has 0 spiro atoms. The van der Waals surface area contributed by atoms with Crippen LogP contribution in [-0.4, -0.2) is 45.7 Å². The van der Waals surface area contributed by atoms with E-state index in [0.29, 0.717) is 6.54 Å². The van der Waals surface area contributed by atoms with Gasteiger partial charge in [0.25, 0.3) is 0 Å². The first-order valence-corrected chi connectivity index (χ1v) is 8.20. The molecule has 1 fully saturated rings. The third kappa shape index (κ3) is 5.75. The van der Waals surface area contributed by atoms with Gasteiger partial charge < -0.3 is 15.0 Å². The number of amides is 1. The molecule has 1 saturated heterocycles. The van der Waals surface area contributed by atoms with Crippen molar-refractivity contribution in [2.24, 2.45) is 0 Å². The number of likely N-dealkylation sites (tertiary alicyclic amines) is 1. The largest absolute Gasteiger partial charge is 0.444 e. The van der Waals surface area contributed by atoms with Crippen molar-refractivity contribution in [3.8, 4) is 0 Å². The molecule has 0 bridgehead atoms. The number of nitrogens with zero attached hydrogens (tertiary/aromatic N) is 3. The zero-order valence-corrected chi connectivity index (χ0v) is 14.6. The van der Waals surface area contributed by atoms with Crippen LogP contribution in [0, 0.1) is 0 Å². The lowest BCUT2D eigenvalue weighted by Crippen LogP contribution is -2.49. The van der Waals surface area contributed by atoms with E-state index in [2.05, 4.69) is 15.3 Å². The van der Waals surface area contributed by atoms with Gasteiger partial charge in [0.2, 0.25) is 5.95 Å². The van der Waals surface area contributed by atoms with Gasteiger partial charge in [0.1, 0.15) is 11.3 Å². The van der Waals surface area contributed by atoms with Crippen molar-refractivity contribution in [3.05, 3.63) is 18.0 Å². The Morgan fingerprint density at radius 3 is 2.72 bits per heavy atom. The van der Waals surface area contributed by atoms with Crippen LogP contribution in [0.3, 0.4) is 0 Å². The summed E-state index contributed by atoms with van der Waals surface area (Å²) < 4.78 is 43.5. The lowest BCUT2D eigenvalue weighted by atomic mass is 10.0. The fraction of sp³-hybridized carbons (Fsp3) is 0.688. The van der Waals surface area contributed by atoms with Gasteiger partial charge in [0.05, 0.1) is 6.04 Å². The smallest absolute Gasteiger partial charge is 0.433 e. The van der Waals surface area contributed by atoms with E-state index in [0.717, 1.165) is 31.5 Å². The maximum atomic E-state index is 12.7. The highest BCUT2D eigenvalue weighted by atomic mass is 19.4. The number of hydrogen-bond donors (Lipinski definition) is 1. The Balaban J connectivity index is 2.01. The molecule has 1 unspecified atom stereocenters. The third-order valence-corrected chi connectivity index (χ3v) is 3.70. The Hall–Kier alpha value is -2.06. The lowest BCUT2D eigenvalue weighted by Gasteiger charge is -2.36. The highest BCUT2D eigenvalue weighted by Crippen LogP contribution is 2.27. The molecule has 1 atom stereocenters. The maximum absolute atomic E-state index is 12.7. The van der Waals surface area contributed by atoms with Gasteiger partial charge in [-0.3, -0.25) is 0 Å². The highest BCUT2D eigenvalue weighted by Gasteiger charge is 2.33. The Kier molecular flexibility index (Phi) is 5.74. The maximum Gasteiger partial charge on any atom is 0.433 e. The Labute approximate surface area is 144 Å². The first kappa shape index (κ1) is 19.3. The Morgan fingerprint density at radius 2 is 2.08 bits per heavy atom. The van der Waals surface area contributed by atoms with Crippen molar-refractivity contribution in [2.45, 2.75) is 57.9 Å². The molecule has 9 heteroatoms. The molecule has 0 radical (unpaired) electrons. The van der Waals surface area contributed by atoms with Crippen molar-refractivity contribution in [1.29, 1.82) is 0 Å². The number of carbonyl (C=O) groups excluding carboxylic acids is 1. The van der Waals surface area contributed by atoms with Crippen LogP contribution < -0.4 is 5.32 Å². The zero-order chi connectivity index (χ0) is 18.7. The number of hydrogen-bond acceptors (Lipinski definition) is 5. The van der Waals surface area contributed by atoms with Crippen LogP contribution in [0.2, 0.25) is 0 Å². The molecule has 0 aromatic carbocycles. The molecule has 1 amide bonds. The van der Waals surface area contributed by atoms with Crippen LogP contribution >= 0.6 is 0 Å². The van der Waals surface area contributed by atoms with Gasteiger partial charge in [-0.15, -0.1) is 0 Å². The number of halogens is 3. The summed E-state index contributed by atoms with van der Waals surface area (Å²) in [5.74, 6) is -0.107. The van der Waals surface area contributed by atoms with Crippen LogP contribution in [0.15, 0.2) is 12.3 Å². The van der Waals surface area contributed by atoms with Crippen LogP contribution in [-0.2, 0) is 10.9 Å². The van der Waals surface area contributed by atoms with Crippen molar-refractivity contribution in [1.82, 2.24) is 14.9 Å². The van der Waals surface area contributed by atoms with Gasteiger partial charge in [-0.1, -0.05) is 0 Å². The molecule has 25 heavy (non-hydrogen) atoms. The summed E-state index contributed by atoms with van der Waals surface area (Å²) >= 11 is 0. The predicted octanol–water partition coefficient (Wildman–Crippen LogP) is 3.70. The normalized spacial score (nSPS) is 18.8. The summed E-state index contributed by atoms with van der Waals surface area (Å²) in [5, 5.41) is 2.80. The average Bonchev–Trinajstić information content (AvgIpc) is 2.51. The topological polar surface area (TPSA) is 67.3 Å². The summed E-state index contributed by atoms with van der Waals surface area (Å²) in [6.07, 6.45) is -1.32. The standard InChI is InChI=1S/C16H23F3N4O2/c1-15(2,3)25-14(24)23-9-5-4-6-11(23)10-21-13-20-8-7-12(22-13)16(17,18)19/h7-8,11H,4-6,9-10H2,1-3H3,(H,20,21,22). The van der Waals surface area contributed by atoms with E-state index < -0.39 is 23.6 Å². The van der Waals surface area contributed by atoms with Gasteiger partial charge in [-0.25, -0.2) is 14.8 Å². The summed E-state index contributed by atoms with van der Waals surface area (Å²) in [4.78, 5) is 21.2. The van der Waals surface area contributed by atoms with Crippen LogP contribution in [0.5, 0.6) is 0 Å². The Bertz CT molecular complexity index is 602. The first-order chi connectivity index (χ1) is 11.6. The van der Waals surface area contributed by atoms with E-state index in [1.807, 2.05) is 0 Å². The van der Waals surface area contributed by atoms with Crippen molar-refractivity contribution < 1.29 is 22.7 Å². The second-order valence-electron chi connectivity index (χ2n) is 6.97. The minimum atomic E-state index is -4.52. The molecule has 2 heterocycles. The van der Waals surface area contributed by atoms with Crippen molar-refractivity contribution in [2.75, 3.05) is 18.4 Å². The highest BCUT2D eigenvalue weighted by molar-refractivity contribution is 5.68. The summed E-state index contributed by atoms with van der Waals surface area (Å²) in [6.45, 7) is 6.20. The lowest BCUT2D eigenvalue weighted by molar-refractivity contribution is -0.141. The van der Waals surface area contributed by atoms with E-state index in [4.69, 9.17) is 4.74 Å². The molecule has 1 aliphatic rings. The van der Waals surface area contributed by atoms with Gasteiger partial charge in [-0.2, -0.15) is 13.2 Å². The first-order valence-electron chi connectivity index (χ1n) is 8.20. The fourth-order valence-electron chi connectivity index (χ4n) is 2.58. The molecule has 1 N–H and O–H groups in total. The average molecular weight is 360 g/mol. The number of rotatable bonds is 3. The molecule has 6 nitrogen and oxygen atoms in total. The van der Waals surface area contributed by atoms with E-state index in [-0.39, 0.29) is 18.5 Å². The predicted molar refractivity (Wildman–Crippen MR) is 86.1 cm³/mol. The van der Waals surface area contributed by atoms with Gasteiger partial charge in [0, 0.05) is 19.3 Å². The number of aromatic nitrogens is 2. The minimum absolute atomic E-state index is 0.107. The van der Waals surface area contributed by atoms with E-state index in [1.54, 1.807) is 25.7 Å². The minimum Gasteiger partial charge on any atom is -0.444 e. The van der Waals surface area contributed by atoms with Crippen LogP contribution in [0.4, 0.5) is 23.9 Å². The molecule has 0 saturated carbocycles. The second-order valence-corrected chi connectivity index (χ2v) is 6.97. The number of alkyl halides is 3. The summed E-state index contributed by atoms with van der Waals surface area (Å²) in [5.41, 5.74) is -1.60. The van der Waals surface area contributed by atoms with Crippen molar-refractivity contribution >= 4 is 12.0 Å². The zero-order valence-electron chi connectivity index (χ0n) is 14.6. The fourth-order valence-corrected chi connectivity index (χ4v) is 2.58. The molecular weight excluding hydrogens is 337 g/mol. The van der Waals surface area contributed by atoms with Gasteiger partial charge in [0.15, 0.2) is 0 Å². The Morgan fingerprint density at radius 1 is 1.36 bits per heavy atom. The molecular formula is C16H23F3N4O2. The summed E-state index contributed by atoms with van der Waals surface area (Å²) in [6, 6.07) is 0.639. The van der Waals surface area contributed by atoms with Crippen LogP contribution in [0.1, 0.15) is 45.7 Å². The van der Waals surface area contributed by atoms with Gasteiger partial charge >= 0.3 is 12.3 Å². The third-order valence-electron chi connectivity index (χ3n) is 3.70. The molecule has 2 rings (SSSR count). The molecule has 140 valence electrons. The SMILES string of the molecule is CC(C)(C)OC(=O)N1CCCCC1CNc1nccc(C(F)(F)F)n1. The monoisotopic (exact) mass is 360 g/mol. The molecule has 1 aromatic rings. The van der Waals surface area contributed by atoms with Crippen molar-refractivity contribution in [3.63, 3.8) is 0 Å². The molecule has 1 aromatic heterocycles. The van der Waals surface area contributed by atoms with E-state index in [9.17, 15) is 18.0 Å². The summed E-state index contributed by atoms with van der Waals surface area (Å²) in [7, 11) is 0.